The second kappa shape index (κ2) is 5.38. The van der Waals surface area contributed by atoms with Gasteiger partial charge in [-0.25, -0.2) is 9.97 Å². The molecule has 2 saturated carbocycles. The number of aromatic nitrogens is 2. The van der Waals surface area contributed by atoms with Crippen LogP contribution in [0.5, 0.6) is 0 Å². The summed E-state index contributed by atoms with van der Waals surface area (Å²) in [4.78, 5) is 21.0. The Morgan fingerprint density at radius 3 is 2.73 bits per heavy atom. The van der Waals surface area contributed by atoms with E-state index in [0.717, 1.165) is 6.42 Å². The van der Waals surface area contributed by atoms with E-state index >= 15 is 0 Å². The molecule has 0 spiro atoms. The molecule has 0 saturated heterocycles. The number of fused-ring (bicyclic) bond motifs is 2. The number of thioether (sulfide) groups is 1. The average molecular weight is 340 g/mol. The summed E-state index contributed by atoms with van der Waals surface area (Å²) < 4.78 is 0. The van der Waals surface area contributed by atoms with Crippen molar-refractivity contribution < 1.29 is 4.79 Å². The smallest absolute Gasteiger partial charge is 0.271 e. The molecule has 1 aromatic heterocycles. The summed E-state index contributed by atoms with van der Waals surface area (Å²) in [6.07, 6.45) is 6.86. The quantitative estimate of drug-likeness (QED) is 0.672. The van der Waals surface area contributed by atoms with Gasteiger partial charge in [-0.3, -0.25) is 4.79 Å². The fourth-order valence-corrected chi connectivity index (χ4v) is 4.77. The number of nitrogens with one attached hydrogen (secondary N) is 1. The molecule has 0 unspecified atom stereocenters. The van der Waals surface area contributed by atoms with Crippen LogP contribution in [0.3, 0.4) is 0 Å². The zero-order valence-electron chi connectivity index (χ0n) is 13.4. The van der Waals surface area contributed by atoms with Crippen molar-refractivity contribution in [2.75, 3.05) is 6.26 Å². The lowest BCUT2D eigenvalue weighted by Gasteiger charge is -2.39. The van der Waals surface area contributed by atoms with Crippen LogP contribution in [0.4, 0.5) is 0 Å². The Morgan fingerprint density at radius 2 is 2.18 bits per heavy atom. The molecule has 2 aliphatic rings. The summed E-state index contributed by atoms with van der Waals surface area (Å²) in [6, 6.07) is 0.192. The third-order valence-electron chi connectivity index (χ3n) is 6.22. The van der Waals surface area contributed by atoms with E-state index in [9.17, 15) is 4.79 Å². The molecule has 2 fully saturated rings. The highest BCUT2D eigenvalue weighted by molar-refractivity contribution is 7.98. The minimum Gasteiger partial charge on any atom is -0.347 e. The number of carbonyl (C=O) groups excluding carboxylic acids is 1. The number of hydrogen-bond acceptors (Lipinski definition) is 4. The lowest BCUT2D eigenvalue weighted by Crippen LogP contribution is -2.47. The van der Waals surface area contributed by atoms with Crippen molar-refractivity contribution in [3.63, 3.8) is 0 Å². The highest BCUT2D eigenvalue weighted by Crippen LogP contribution is 2.65. The van der Waals surface area contributed by atoms with Gasteiger partial charge < -0.3 is 5.32 Å². The molecule has 1 N–H and O–H groups in total. The van der Waals surface area contributed by atoms with Gasteiger partial charge >= 0.3 is 0 Å². The predicted octanol–water partition coefficient (Wildman–Crippen LogP) is 3.80. The van der Waals surface area contributed by atoms with Crippen LogP contribution in [0.25, 0.3) is 0 Å². The maximum absolute atomic E-state index is 12.6. The van der Waals surface area contributed by atoms with E-state index in [1.165, 1.54) is 30.8 Å². The van der Waals surface area contributed by atoms with Gasteiger partial charge in [0.2, 0.25) is 0 Å². The van der Waals surface area contributed by atoms with Crippen LogP contribution in [-0.2, 0) is 0 Å². The van der Waals surface area contributed by atoms with Crippen LogP contribution in [0.1, 0.15) is 50.5 Å². The van der Waals surface area contributed by atoms with Gasteiger partial charge in [-0.05, 0) is 42.3 Å². The van der Waals surface area contributed by atoms with Crippen LogP contribution in [-0.4, -0.2) is 28.2 Å². The Morgan fingerprint density at radius 1 is 1.45 bits per heavy atom. The summed E-state index contributed by atoms with van der Waals surface area (Å²) in [6.45, 7) is 6.97. The average Bonchev–Trinajstić information content (AvgIpc) is 2.81. The molecule has 120 valence electrons. The first kappa shape index (κ1) is 16.1. The molecular formula is C16H22ClN3OS. The van der Waals surface area contributed by atoms with Gasteiger partial charge in [-0.15, -0.1) is 0 Å². The molecule has 1 aromatic rings. The standard InChI is InChI=1S/C16H22ClN3OS/c1-15(2)9-5-6-16(15,3)11(7-9)19-13(21)12-10(17)8-18-14(20-12)22-4/h8-9,11H,5-7H2,1-4H3,(H,19,21)/t9-,11+,16-/m0/s1. The molecule has 6 heteroatoms. The van der Waals surface area contributed by atoms with Crippen molar-refractivity contribution in [1.29, 1.82) is 0 Å². The van der Waals surface area contributed by atoms with E-state index in [1.807, 2.05) is 6.26 Å². The van der Waals surface area contributed by atoms with Crippen LogP contribution in [0, 0.1) is 16.7 Å². The zero-order valence-corrected chi connectivity index (χ0v) is 15.0. The van der Waals surface area contributed by atoms with E-state index in [-0.39, 0.29) is 28.5 Å². The van der Waals surface area contributed by atoms with Crippen molar-refractivity contribution in [3.8, 4) is 0 Å². The summed E-state index contributed by atoms with van der Waals surface area (Å²) in [7, 11) is 0. The SMILES string of the molecule is CSc1ncc(Cl)c(C(=O)N[C@@H]2C[C@@H]3CC[C@]2(C)C3(C)C)n1. The Labute approximate surface area is 140 Å². The maximum atomic E-state index is 12.6. The topological polar surface area (TPSA) is 54.9 Å². The van der Waals surface area contributed by atoms with Crippen LogP contribution < -0.4 is 5.32 Å². The van der Waals surface area contributed by atoms with Crippen molar-refractivity contribution >= 4 is 29.3 Å². The van der Waals surface area contributed by atoms with Crippen molar-refractivity contribution in [3.05, 3.63) is 16.9 Å². The molecule has 2 bridgehead atoms. The summed E-state index contributed by atoms with van der Waals surface area (Å²) in [5.41, 5.74) is 0.699. The minimum absolute atomic E-state index is 0.148. The third kappa shape index (κ3) is 2.24. The predicted molar refractivity (Wildman–Crippen MR) is 89.3 cm³/mol. The number of rotatable bonds is 3. The summed E-state index contributed by atoms with van der Waals surface area (Å²) >= 11 is 7.51. The zero-order chi connectivity index (χ0) is 16.1. The lowest BCUT2D eigenvalue weighted by atomic mass is 9.69. The first-order chi connectivity index (χ1) is 10.3. The molecular weight excluding hydrogens is 318 g/mol. The van der Waals surface area contributed by atoms with Gasteiger partial charge in [0.05, 0.1) is 11.2 Å². The second-order valence-electron chi connectivity index (χ2n) is 7.19. The molecule has 4 nitrogen and oxygen atoms in total. The number of hydrogen-bond donors (Lipinski definition) is 1. The minimum atomic E-state index is -0.183. The Kier molecular flexibility index (Phi) is 3.92. The van der Waals surface area contributed by atoms with E-state index in [2.05, 4.69) is 36.1 Å². The molecule has 3 rings (SSSR count). The molecule has 2 aliphatic carbocycles. The summed E-state index contributed by atoms with van der Waals surface area (Å²) in [5.74, 6) is 0.503. The largest absolute Gasteiger partial charge is 0.347 e. The highest BCUT2D eigenvalue weighted by atomic mass is 35.5. The molecule has 3 atom stereocenters. The first-order valence-corrected chi connectivity index (χ1v) is 9.27. The summed E-state index contributed by atoms with van der Waals surface area (Å²) in [5, 5.41) is 4.06. The van der Waals surface area contributed by atoms with Gasteiger partial charge in [-0.2, -0.15) is 0 Å². The second-order valence-corrected chi connectivity index (χ2v) is 8.37. The fourth-order valence-electron chi connectivity index (χ4n) is 4.26. The molecule has 1 amide bonds. The molecule has 0 aromatic carbocycles. The highest BCUT2D eigenvalue weighted by Gasteiger charge is 2.61. The van der Waals surface area contributed by atoms with E-state index in [0.29, 0.717) is 16.1 Å². The van der Waals surface area contributed by atoms with E-state index in [1.54, 1.807) is 0 Å². The van der Waals surface area contributed by atoms with Gasteiger partial charge in [0, 0.05) is 6.04 Å². The Bertz CT molecular complexity index is 621. The van der Waals surface area contributed by atoms with Crippen LogP contribution in [0.15, 0.2) is 11.4 Å². The third-order valence-corrected chi connectivity index (χ3v) is 7.06. The number of carbonyl (C=O) groups is 1. The fraction of sp³-hybridized carbons (Fsp3) is 0.688. The Hall–Kier alpha value is -0.810. The normalized spacial score (nSPS) is 32.2. The molecule has 0 radical (unpaired) electrons. The Balaban J connectivity index is 1.82. The van der Waals surface area contributed by atoms with Gasteiger partial charge in [0.25, 0.3) is 5.91 Å². The van der Waals surface area contributed by atoms with Gasteiger partial charge in [0.1, 0.15) is 0 Å². The van der Waals surface area contributed by atoms with Crippen LogP contribution >= 0.6 is 23.4 Å². The number of nitrogens with zero attached hydrogens (tertiary/aromatic N) is 2. The van der Waals surface area contributed by atoms with Crippen molar-refractivity contribution in [1.82, 2.24) is 15.3 Å². The van der Waals surface area contributed by atoms with Crippen molar-refractivity contribution in [2.24, 2.45) is 16.7 Å². The van der Waals surface area contributed by atoms with E-state index < -0.39 is 0 Å². The molecule has 0 aliphatic heterocycles. The monoisotopic (exact) mass is 339 g/mol. The lowest BCUT2D eigenvalue weighted by molar-refractivity contribution is 0.0821. The van der Waals surface area contributed by atoms with Crippen LogP contribution in [0.2, 0.25) is 5.02 Å². The van der Waals surface area contributed by atoms with E-state index in [4.69, 9.17) is 11.6 Å². The molecule has 22 heavy (non-hydrogen) atoms. The van der Waals surface area contributed by atoms with Gasteiger partial charge in [-0.1, -0.05) is 44.1 Å². The number of halogens is 1. The number of amides is 1. The maximum Gasteiger partial charge on any atom is 0.271 e. The first-order valence-electron chi connectivity index (χ1n) is 7.67. The van der Waals surface area contributed by atoms with Gasteiger partial charge in [0.15, 0.2) is 10.9 Å². The van der Waals surface area contributed by atoms with Crippen molar-refractivity contribution in [2.45, 2.75) is 51.2 Å². The molecule has 1 heterocycles.